The summed E-state index contributed by atoms with van der Waals surface area (Å²) < 4.78 is 42.6. The van der Waals surface area contributed by atoms with Gasteiger partial charge in [0.05, 0.1) is 27.2 Å². The van der Waals surface area contributed by atoms with Crippen LogP contribution in [0, 0.1) is 0 Å². The second kappa shape index (κ2) is 10.8. The SMILES string of the molecule is CCc1cc(C(=O)c2ccccc2Cl)c(-n2c(CNC(=O)c3ccc(Cl)c(Cl)c3)nnc2C(F)(F)F)s1. The normalized spacial score (nSPS) is 11.5. The first-order valence-electron chi connectivity index (χ1n) is 10.7. The third-order valence-electron chi connectivity index (χ3n) is 5.25. The molecule has 192 valence electrons. The van der Waals surface area contributed by atoms with Crippen LogP contribution in [-0.2, 0) is 19.1 Å². The van der Waals surface area contributed by atoms with Crippen LogP contribution in [0.5, 0.6) is 0 Å². The second-order valence-corrected chi connectivity index (χ2v) is 10.0. The summed E-state index contributed by atoms with van der Waals surface area (Å²) in [6, 6.07) is 12.0. The van der Waals surface area contributed by atoms with E-state index in [1.165, 1.54) is 36.4 Å². The maximum atomic E-state index is 14.0. The first-order chi connectivity index (χ1) is 17.5. The standard InChI is InChI=1S/C24H16Cl3F3N4O2S/c1-2-13-10-15(20(35)14-5-3-4-6-16(14)25)22(37-13)34-19(32-33-23(34)24(28,29)30)11-31-21(36)12-7-8-17(26)18(27)9-12/h3-10H,2,11H2,1H3,(H,31,36). The monoisotopic (exact) mass is 586 g/mol. The Balaban J connectivity index is 1.77. The molecule has 0 aliphatic heterocycles. The maximum absolute atomic E-state index is 14.0. The number of aromatic nitrogens is 3. The summed E-state index contributed by atoms with van der Waals surface area (Å²) in [6.45, 7) is 1.40. The first-order valence-corrected chi connectivity index (χ1v) is 12.6. The van der Waals surface area contributed by atoms with Gasteiger partial charge in [0.15, 0.2) is 11.6 Å². The first kappa shape index (κ1) is 27.1. The third kappa shape index (κ3) is 5.67. The third-order valence-corrected chi connectivity index (χ3v) is 7.58. The van der Waals surface area contributed by atoms with Crippen molar-refractivity contribution >= 4 is 57.8 Å². The smallest absolute Gasteiger partial charge is 0.345 e. The minimum absolute atomic E-state index is 0.0114. The number of aryl methyl sites for hydroxylation is 1. The average molecular weight is 588 g/mol. The van der Waals surface area contributed by atoms with E-state index in [0.717, 1.165) is 15.9 Å². The number of hydrogen-bond donors (Lipinski definition) is 1. The minimum Gasteiger partial charge on any atom is -0.345 e. The fraction of sp³-hybridized carbons (Fsp3) is 0.167. The molecule has 6 nitrogen and oxygen atoms in total. The average Bonchev–Trinajstić information content (AvgIpc) is 3.48. The van der Waals surface area contributed by atoms with Gasteiger partial charge in [-0.05, 0) is 42.8 Å². The molecule has 0 atom stereocenters. The fourth-order valence-electron chi connectivity index (χ4n) is 3.45. The van der Waals surface area contributed by atoms with Crippen molar-refractivity contribution in [2.45, 2.75) is 26.1 Å². The van der Waals surface area contributed by atoms with Crippen molar-refractivity contribution < 1.29 is 22.8 Å². The number of carbonyl (C=O) groups excluding carboxylic acids is 2. The number of nitrogens with one attached hydrogen (secondary N) is 1. The molecule has 2 aromatic heterocycles. The Morgan fingerprint density at radius 3 is 2.35 bits per heavy atom. The van der Waals surface area contributed by atoms with Gasteiger partial charge in [-0.1, -0.05) is 53.9 Å². The van der Waals surface area contributed by atoms with E-state index in [2.05, 4.69) is 15.5 Å². The van der Waals surface area contributed by atoms with E-state index in [9.17, 15) is 22.8 Å². The van der Waals surface area contributed by atoms with Gasteiger partial charge >= 0.3 is 6.18 Å². The number of amides is 1. The molecule has 0 radical (unpaired) electrons. The van der Waals surface area contributed by atoms with E-state index < -0.39 is 30.2 Å². The van der Waals surface area contributed by atoms with E-state index in [1.807, 2.05) is 6.92 Å². The lowest BCUT2D eigenvalue weighted by Gasteiger charge is -2.13. The summed E-state index contributed by atoms with van der Waals surface area (Å²) in [5.41, 5.74) is 0.301. The van der Waals surface area contributed by atoms with Crippen molar-refractivity contribution in [1.82, 2.24) is 20.1 Å². The van der Waals surface area contributed by atoms with Crippen LogP contribution in [0.15, 0.2) is 48.5 Å². The Morgan fingerprint density at radius 2 is 1.70 bits per heavy atom. The number of carbonyl (C=O) groups is 2. The molecule has 0 spiro atoms. The quantitative estimate of drug-likeness (QED) is 0.236. The van der Waals surface area contributed by atoms with Gasteiger partial charge in [-0.25, -0.2) is 0 Å². The fourth-order valence-corrected chi connectivity index (χ4v) is 5.09. The molecule has 0 aliphatic rings. The molecule has 0 bridgehead atoms. The topological polar surface area (TPSA) is 76.9 Å². The van der Waals surface area contributed by atoms with Crippen molar-refractivity contribution in [3.63, 3.8) is 0 Å². The maximum Gasteiger partial charge on any atom is 0.452 e. The van der Waals surface area contributed by atoms with Crippen molar-refractivity contribution in [2.24, 2.45) is 0 Å². The molecular weight excluding hydrogens is 572 g/mol. The van der Waals surface area contributed by atoms with E-state index >= 15 is 0 Å². The minimum atomic E-state index is -4.89. The molecule has 4 aromatic rings. The van der Waals surface area contributed by atoms with Crippen LogP contribution >= 0.6 is 46.1 Å². The zero-order valence-electron chi connectivity index (χ0n) is 18.9. The molecule has 37 heavy (non-hydrogen) atoms. The van der Waals surface area contributed by atoms with Crippen LogP contribution < -0.4 is 5.32 Å². The van der Waals surface area contributed by atoms with E-state index in [-0.39, 0.29) is 42.6 Å². The van der Waals surface area contributed by atoms with Crippen LogP contribution in [-0.4, -0.2) is 26.5 Å². The lowest BCUT2D eigenvalue weighted by molar-refractivity contribution is -0.146. The highest BCUT2D eigenvalue weighted by molar-refractivity contribution is 7.15. The number of ketones is 1. The molecule has 13 heteroatoms. The summed E-state index contributed by atoms with van der Waals surface area (Å²) in [6.07, 6.45) is -4.42. The number of thiophene rings is 1. The van der Waals surface area contributed by atoms with Crippen molar-refractivity contribution in [3.8, 4) is 5.00 Å². The summed E-state index contributed by atoms with van der Waals surface area (Å²) in [5, 5.41) is 10.1. The number of halogens is 6. The zero-order valence-corrected chi connectivity index (χ0v) is 22.0. The van der Waals surface area contributed by atoms with Crippen molar-refractivity contribution in [2.75, 3.05) is 0 Å². The van der Waals surface area contributed by atoms with Gasteiger partial charge in [-0.15, -0.1) is 21.5 Å². The number of benzene rings is 2. The predicted octanol–water partition coefficient (Wildman–Crippen LogP) is 7.03. The Bertz CT molecular complexity index is 1500. The molecule has 0 unspecified atom stereocenters. The molecular formula is C24H16Cl3F3N4O2S. The Hall–Kier alpha value is -2.92. The van der Waals surface area contributed by atoms with Crippen molar-refractivity contribution in [1.29, 1.82) is 0 Å². The molecule has 0 aliphatic carbocycles. The second-order valence-electron chi connectivity index (χ2n) is 7.68. The van der Waals surface area contributed by atoms with Gasteiger partial charge < -0.3 is 5.32 Å². The highest BCUT2D eigenvalue weighted by atomic mass is 35.5. The highest BCUT2D eigenvalue weighted by Crippen LogP contribution is 2.36. The van der Waals surface area contributed by atoms with Gasteiger partial charge in [-0.3, -0.25) is 14.2 Å². The molecule has 1 amide bonds. The van der Waals surface area contributed by atoms with Crippen LogP contribution in [0.25, 0.3) is 5.00 Å². The van der Waals surface area contributed by atoms with Crippen LogP contribution in [0.4, 0.5) is 13.2 Å². The van der Waals surface area contributed by atoms with Gasteiger partial charge in [0.2, 0.25) is 5.82 Å². The Morgan fingerprint density at radius 1 is 0.973 bits per heavy atom. The lowest BCUT2D eigenvalue weighted by Crippen LogP contribution is -2.25. The number of rotatable bonds is 7. The molecule has 0 saturated carbocycles. The Labute approximate surface area is 228 Å². The summed E-state index contributed by atoms with van der Waals surface area (Å²) >= 11 is 19.0. The zero-order chi connectivity index (χ0) is 26.9. The largest absolute Gasteiger partial charge is 0.452 e. The summed E-state index contributed by atoms with van der Waals surface area (Å²) in [5.74, 6) is -2.72. The number of nitrogens with zero attached hydrogens (tertiary/aromatic N) is 3. The van der Waals surface area contributed by atoms with E-state index in [4.69, 9.17) is 34.8 Å². The summed E-state index contributed by atoms with van der Waals surface area (Å²) in [4.78, 5) is 26.7. The van der Waals surface area contributed by atoms with E-state index in [1.54, 1.807) is 12.1 Å². The van der Waals surface area contributed by atoms with E-state index in [0.29, 0.717) is 11.3 Å². The van der Waals surface area contributed by atoms with Crippen molar-refractivity contribution in [3.05, 3.63) is 96.8 Å². The Kier molecular flexibility index (Phi) is 7.94. The van der Waals surface area contributed by atoms with Gasteiger partial charge in [0.1, 0.15) is 5.00 Å². The molecule has 4 rings (SSSR count). The summed E-state index contributed by atoms with van der Waals surface area (Å²) in [7, 11) is 0. The van der Waals surface area contributed by atoms with Gasteiger partial charge in [0.25, 0.3) is 5.91 Å². The number of alkyl halides is 3. The van der Waals surface area contributed by atoms with Crippen LogP contribution in [0.2, 0.25) is 15.1 Å². The molecule has 0 fully saturated rings. The molecule has 0 saturated heterocycles. The van der Waals surface area contributed by atoms with Gasteiger partial charge in [-0.2, -0.15) is 13.2 Å². The molecule has 2 heterocycles. The molecule has 1 N–H and O–H groups in total. The highest BCUT2D eigenvalue weighted by Gasteiger charge is 2.40. The number of hydrogen-bond acceptors (Lipinski definition) is 5. The van der Waals surface area contributed by atoms with Crippen LogP contribution in [0.3, 0.4) is 0 Å². The lowest BCUT2D eigenvalue weighted by atomic mass is 10.0. The predicted molar refractivity (Wildman–Crippen MR) is 136 cm³/mol. The molecule has 2 aromatic carbocycles. The van der Waals surface area contributed by atoms with Crippen LogP contribution in [0.1, 0.15) is 49.7 Å². The van der Waals surface area contributed by atoms with Gasteiger partial charge in [0, 0.05) is 16.0 Å².